The predicted molar refractivity (Wildman–Crippen MR) is 115 cm³/mol. The maximum Gasteiger partial charge on any atom is 0.262 e. The SMILES string of the molecule is C[C@H](Oc1cccc2c1C(=O)N(c1ccc(C(C)(C)C)cc1)C2)c1ccncc1. The van der Waals surface area contributed by atoms with E-state index in [0.29, 0.717) is 17.9 Å². The third-order valence-corrected chi connectivity index (χ3v) is 5.42. The number of aromatic nitrogens is 1. The fraction of sp³-hybridized carbons (Fsp3) is 0.280. The second kappa shape index (κ2) is 7.36. The van der Waals surface area contributed by atoms with Crippen molar-refractivity contribution >= 4 is 11.6 Å². The zero-order valence-corrected chi connectivity index (χ0v) is 17.3. The molecule has 2 aromatic carbocycles. The van der Waals surface area contributed by atoms with Crippen molar-refractivity contribution in [3.05, 3.63) is 89.2 Å². The Hall–Kier alpha value is -3.14. The van der Waals surface area contributed by atoms with Crippen LogP contribution in [0.3, 0.4) is 0 Å². The molecule has 0 spiro atoms. The van der Waals surface area contributed by atoms with Crippen molar-refractivity contribution < 1.29 is 9.53 Å². The highest BCUT2D eigenvalue weighted by Crippen LogP contribution is 2.36. The van der Waals surface area contributed by atoms with Crippen molar-refractivity contribution in [2.24, 2.45) is 0 Å². The average molecular weight is 386 g/mol. The van der Waals surface area contributed by atoms with E-state index < -0.39 is 0 Å². The van der Waals surface area contributed by atoms with E-state index in [1.165, 1.54) is 5.56 Å². The summed E-state index contributed by atoms with van der Waals surface area (Å²) in [4.78, 5) is 19.1. The summed E-state index contributed by atoms with van der Waals surface area (Å²) in [7, 11) is 0. The highest BCUT2D eigenvalue weighted by atomic mass is 16.5. The zero-order valence-electron chi connectivity index (χ0n) is 17.3. The predicted octanol–water partition coefficient (Wildman–Crippen LogP) is 5.68. The molecule has 4 heteroatoms. The molecular formula is C25H26N2O2. The second-order valence-corrected chi connectivity index (χ2v) is 8.52. The third-order valence-electron chi connectivity index (χ3n) is 5.42. The van der Waals surface area contributed by atoms with Crippen LogP contribution in [-0.4, -0.2) is 10.9 Å². The Morgan fingerprint density at radius 1 is 1.00 bits per heavy atom. The van der Waals surface area contributed by atoms with Gasteiger partial charge in [0.1, 0.15) is 11.9 Å². The molecule has 1 amide bonds. The van der Waals surface area contributed by atoms with Gasteiger partial charge in [-0.15, -0.1) is 0 Å². The summed E-state index contributed by atoms with van der Waals surface area (Å²) in [5.74, 6) is 0.617. The monoisotopic (exact) mass is 386 g/mol. The highest BCUT2D eigenvalue weighted by molar-refractivity contribution is 6.11. The number of pyridine rings is 1. The van der Waals surface area contributed by atoms with E-state index in [1.54, 1.807) is 12.4 Å². The van der Waals surface area contributed by atoms with Crippen LogP contribution in [0.2, 0.25) is 0 Å². The summed E-state index contributed by atoms with van der Waals surface area (Å²) in [6.07, 6.45) is 3.33. The molecular weight excluding hydrogens is 360 g/mol. The van der Waals surface area contributed by atoms with Gasteiger partial charge in [0.25, 0.3) is 5.91 Å². The van der Waals surface area contributed by atoms with Crippen molar-refractivity contribution in [3.63, 3.8) is 0 Å². The van der Waals surface area contributed by atoms with Crippen molar-refractivity contribution in [3.8, 4) is 5.75 Å². The number of hydrogen-bond donors (Lipinski definition) is 0. The van der Waals surface area contributed by atoms with Crippen LogP contribution in [-0.2, 0) is 12.0 Å². The number of amides is 1. The molecule has 0 bridgehead atoms. The lowest BCUT2D eigenvalue weighted by atomic mass is 9.87. The van der Waals surface area contributed by atoms with E-state index in [1.807, 2.05) is 54.3 Å². The molecule has 29 heavy (non-hydrogen) atoms. The van der Waals surface area contributed by atoms with Gasteiger partial charge in [0, 0.05) is 18.1 Å². The van der Waals surface area contributed by atoms with Gasteiger partial charge in [0.05, 0.1) is 12.1 Å². The molecule has 2 heterocycles. The fourth-order valence-electron chi connectivity index (χ4n) is 3.67. The lowest BCUT2D eigenvalue weighted by Crippen LogP contribution is -2.23. The fourth-order valence-corrected chi connectivity index (χ4v) is 3.67. The van der Waals surface area contributed by atoms with Crippen LogP contribution >= 0.6 is 0 Å². The van der Waals surface area contributed by atoms with Crippen LogP contribution in [0.5, 0.6) is 5.75 Å². The first-order valence-corrected chi connectivity index (χ1v) is 9.95. The third kappa shape index (κ3) is 3.75. The first-order valence-electron chi connectivity index (χ1n) is 9.95. The summed E-state index contributed by atoms with van der Waals surface area (Å²) in [5, 5.41) is 0. The number of carbonyl (C=O) groups excluding carboxylic acids is 1. The molecule has 3 aromatic rings. The normalized spacial score (nSPS) is 14.6. The van der Waals surface area contributed by atoms with E-state index in [-0.39, 0.29) is 17.4 Å². The molecule has 0 aliphatic carbocycles. The summed E-state index contributed by atoms with van der Waals surface area (Å²) in [6.45, 7) is 9.10. The second-order valence-electron chi connectivity index (χ2n) is 8.52. The minimum absolute atomic E-state index is 0.0129. The number of fused-ring (bicyclic) bond motifs is 1. The van der Waals surface area contributed by atoms with Crippen molar-refractivity contribution in [2.75, 3.05) is 4.90 Å². The van der Waals surface area contributed by atoms with Crippen LogP contribution < -0.4 is 9.64 Å². The maximum atomic E-state index is 13.3. The molecule has 148 valence electrons. The molecule has 0 saturated heterocycles. The molecule has 0 radical (unpaired) electrons. The number of benzene rings is 2. The van der Waals surface area contributed by atoms with Crippen LogP contribution in [0.1, 0.15) is 60.8 Å². The Bertz CT molecular complexity index is 1020. The Kier molecular flexibility index (Phi) is 4.87. The first kappa shape index (κ1) is 19.2. The average Bonchev–Trinajstić information content (AvgIpc) is 3.06. The first-order chi connectivity index (χ1) is 13.8. The van der Waals surface area contributed by atoms with Gasteiger partial charge < -0.3 is 9.64 Å². The van der Waals surface area contributed by atoms with Crippen LogP contribution in [0.25, 0.3) is 0 Å². The van der Waals surface area contributed by atoms with Crippen molar-refractivity contribution in [2.45, 2.75) is 45.8 Å². The lowest BCUT2D eigenvalue weighted by molar-refractivity contribution is 0.0991. The summed E-state index contributed by atoms with van der Waals surface area (Å²) in [6, 6.07) is 18.0. The molecule has 0 N–H and O–H groups in total. The molecule has 1 aromatic heterocycles. The Labute approximate surface area is 172 Å². The number of hydrogen-bond acceptors (Lipinski definition) is 3. The molecule has 0 unspecified atom stereocenters. The van der Waals surface area contributed by atoms with Crippen LogP contribution in [0, 0.1) is 0 Å². The molecule has 0 saturated carbocycles. The van der Waals surface area contributed by atoms with Gasteiger partial charge in [-0.05, 0) is 59.4 Å². The largest absolute Gasteiger partial charge is 0.485 e. The molecule has 4 rings (SSSR count). The standard InChI is InChI=1S/C25H26N2O2/c1-17(18-12-14-26-15-13-18)29-22-7-5-6-19-16-27(24(28)23(19)22)21-10-8-20(9-11-21)25(2,3)4/h5-15,17H,16H2,1-4H3/t17-/m0/s1. The lowest BCUT2D eigenvalue weighted by Gasteiger charge is -2.21. The minimum Gasteiger partial charge on any atom is -0.485 e. The van der Waals surface area contributed by atoms with E-state index >= 15 is 0 Å². The molecule has 0 fully saturated rings. The number of rotatable bonds is 4. The molecule has 1 aliphatic rings. The van der Waals surface area contributed by atoms with Crippen molar-refractivity contribution in [1.82, 2.24) is 4.98 Å². The Morgan fingerprint density at radius 3 is 2.34 bits per heavy atom. The number of ether oxygens (including phenoxy) is 1. The summed E-state index contributed by atoms with van der Waals surface area (Å²) >= 11 is 0. The van der Waals surface area contributed by atoms with Crippen LogP contribution in [0.15, 0.2) is 67.0 Å². The molecule has 4 nitrogen and oxygen atoms in total. The topological polar surface area (TPSA) is 42.4 Å². The highest BCUT2D eigenvalue weighted by Gasteiger charge is 2.32. The van der Waals surface area contributed by atoms with Gasteiger partial charge >= 0.3 is 0 Å². The maximum absolute atomic E-state index is 13.3. The van der Waals surface area contributed by atoms with Crippen molar-refractivity contribution in [1.29, 1.82) is 0 Å². The molecule has 1 atom stereocenters. The van der Waals surface area contributed by atoms with Crippen LogP contribution in [0.4, 0.5) is 5.69 Å². The minimum atomic E-state index is -0.169. The van der Waals surface area contributed by atoms with Gasteiger partial charge in [0.15, 0.2) is 0 Å². The quantitative estimate of drug-likeness (QED) is 0.579. The van der Waals surface area contributed by atoms with E-state index in [4.69, 9.17) is 4.74 Å². The van der Waals surface area contributed by atoms with Gasteiger partial charge in [0.2, 0.25) is 0 Å². The summed E-state index contributed by atoms with van der Waals surface area (Å²) in [5.41, 5.74) is 4.92. The van der Waals surface area contributed by atoms with E-state index in [9.17, 15) is 4.79 Å². The number of carbonyl (C=O) groups is 1. The van der Waals surface area contributed by atoms with E-state index in [0.717, 1.165) is 16.8 Å². The van der Waals surface area contributed by atoms with Gasteiger partial charge in [-0.3, -0.25) is 9.78 Å². The Balaban J connectivity index is 1.60. The smallest absolute Gasteiger partial charge is 0.262 e. The Morgan fingerprint density at radius 2 is 1.69 bits per heavy atom. The van der Waals surface area contributed by atoms with Gasteiger partial charge in [-0.1, -0.05) is 45.0 Å². The number of nitrogens with zero attached hydrogens (tertiary/aromatic N) is 2. The molecule has 1 aliphatic heterocycles. The van der Waals surface area contributed by atoms with Gasteiger partial charge in [-0.25, -0.2) is 0 Å². The summed E-state index contributed by atoms with van der Waals surface area (Å²) < 4.78 is 6.19. The number of anilines is 1. The zero-order chi connectivity index (χ0) is 20.6. The van der Waals surface area contributed by atoms with E-state index in [2.05, 4.69) is 37.9 Å². The van der Waals surface area contributed by atoms with Gasteiger partial charge in [-0.2, -0.15) is 0 Å².